The molecule has 4 heteroatoms. The van der Waals surface area contributed by atoms with Gasteiger partial charge in [-0.15, -0.1) is 0 Å². The van der Waals surface area contributed by atoms with E-state index in [0.717, 1.165) is 10.9 Å². The number of hydrogen-bond donors (Lipinski definition) is 1. The number of H-pyrrole nitrogens is 1. The zero-order valence-electron chi connectivity index (χ0n) is 12.1. The maximum atomic E-state index is 11.2. The summed E-state index contributed by atoms with van der Waals surface area (Å²) in [5.41, 5.74) is 5.19. The van der Waals surface area contributed by atoms with E-state index < -0.39 is 0 Å². The smallest absolute Gasteiger partial charge is 0.249 e. The van der Waals surface area contributed by atoms with Crippen molar-refractivity contribution in [3.05, 3.63) is 69.6 Å². The van der Waals surface area contributed by atoms with Crippen molar-refractivity contribution < 1.29 is 0 Å². The number of rotatable bonds is 2. The first-order valence-electron chi connectivity index (χ1n) is 6.86. The van der Waals surface area contributed by atoms with E-state index in [1.165, 1.54) is 22.7 Å². The lowest BCUT2D eigenvalue weighted by Crippen LogP contribution is -2.03. The quantitative estimate of drug-likeness (QED) is 0.722. The Morgan fingerprint density at radius 2 is 2.00 bits per heavy atom. The Balaban J connectivity index is 1.97. The molecule has 0 aliphatic heterocycles. The third-order valence-corrected chi connectivity index (χ3v) is 3.48. The van der Waals surface area contributed by atoms with Crippen molar-refractivity contribution in [3.63, 3.8) is 0 Å². The summed E-state index contributed by atoms with van der Waals surface area (Å²) in [6.45, 7) is 2.10. The van der Waals surface area contributed by atoms with E-state index in [1.54, 1.807) is 12.3 Å². The molecule has 0 saturated carbocycles. The number of aromatic nitrogens is 2. The molecular formula is C17H15BN2O. The normalized spacial score (nSPS) is 11.3. The van der Waals surface area contributed by atoms with Crippen LogP contribution in [0.2, 0.25) is 0 Å². The summed E-state index contributed by atoms with van der Waals surface area (Å²) < 4.78 is 0. The molecule has 21 heavy (non-hydrogen) atoms. The predicted molar refractivity (Wildman–Crippen MR) is 90.6 cm³/mol. The monoisotopic (exact) mass is 274 g/mol. The van der Waals surface area contributed by atoms with Gasteiger partial charge >= 0.3 is 0 Å². The minimum Gasteiger partial charge on any atom is -0.307 e. The highest BCUT2D eigenvalue weighted by Crippen LogP contribution is 2.14. The first kappa shape index (κ1) is 13.4. The van der Waals surface area contributed by atoms with Gasteiger partial charge < -0.3 is 4.98 Å². The lowest BCUT2D eigenvalue weighted by molar-refractivity contribution is 1.23. The van der Waals surface area contributed by atoms with Gasteiger partial charge in [-0.2, -0.15) is 0 Å². The van der Waals surface area contributed by atoms with Gasteiger partial charge in [-0.1, -0.05) is 35.8 Å². The minimum absolute atomic E-state index is 0.131. The second-order valence-corrected chi connectivity index (χ2v) is 5.22. The highest BCUT2D eigenvalue weighted by molar-refractivity contribution is 6.32. The fraction of sp³-hybridized carbons (Fsp3) is 0.0588. The maximum absolute atomic E-state index is 11.2. The zero-order valence-corrected chi connectivity index (χ0v) is 12.1. The molecule has 2 heterocycles. The van der Waals surface area contributed by atoms with E-state index in [-0.39, 0.29) is 5.56 Å². The number of hydrogen-bond acceptors (Lipinski definition) is 2. The molecule has 102 valence electrons. The van der Waals surface area contributed by atoms with Crippen molar-refractivity contribution in [2.24, 2.45) is 0 Å². The molecule has 0 spiro atoms. The van der Waals surface area contributed by atoms with Gasteiger partial charge in [-0.05, 0) is 35.7 Å². The molecule has 0 amide bonds. The number of benzene rings is 1. The van der Waals surface area contributed by atoms with Crippen LogP contribution in [0.3, 0.4) is 0 Å². The predicted octanol–water partition coefficient (Wildman–Crippen LogP) is 1.66. The number of aryl methyl sites for hydroxylation is 1. The number of fused-ring (bicyclic) bond motifs is 1. The fourth-order valence-electron chi connectivity index (χ4n) is 2.27. The molecule has 3 aromatic rings. The van der Waals surface area contributed by atoms with Gasteiger partial charge in [0.1, 0.15) is 13.5 Å². The van der Waals surface area contributed by atoms with Gasteiger partial charge in [0.2, 0.25) is 5.56 Å². The molecule has 0 bridgehead atoms. The lowest BCUT2D eigenvalue weighted by Gasteiger charge is -2.02. The van der Waals surface area contributed by atoms with Crippen molar-refractivity contribution in [2.45, 2.75) is 6.92 Å². The van der Waals surface area contributed by atoms with Crippen LogP contribution in [-0.2, 0) is 0 Å². The van der Waals surface area contributed by atoms with E-state index in [2.05, 4.69) is 49.0 Å². The Morgan fingerprint density at radius 1 is 1.14 bits per heavy atom. The molecule has 0 atom stereocenters. The molecule has 0 unspecified atom stereocenters. The van der Waals surface area contributed by atoms with Crippen molar-refractivity contribution >= 4 is 36.5 Å². The molecule has 0 fully saturated rings. The average Bonchev–Trinajstić information content (AvgIpc) is 2.48. The molecule has 0 aliphatic rings. The Bertz CT molecular complexity index is 897. The van der Waals surface area contributed by atoms with Crippen LogP contribution < -0.4 is 11.0 Å². The van der Waals surface area contributed by atoms with Gasteiger partial charge in [0.25, 0.3) is 0 Å². The standard InChI is InChI=1S/C17H15BN2O/c1-11-2-6-15(18)9-13(11)4-3-12-8-14-5-7-16(21)20-17(14)19-10-12/h2-10H,18H2,1H3,(H,19,20,21)/b4-3+. The van der Waals surface area contributed by atoms with Crippen LogP contribution >= 0.6 is 0 Å². The first-order valence-corrected chi connectivity index (χ1v) is 6.86. The van der Waals surface area contributed by atoms with Gasteiger partial charge in [0.05, 0.1) is 0 Å². The van der Waals surface area contributed by atoms with Gasteiger partial charge in [0, 0.05) is 17.6 Å². The van der Waals surface area contributed by atoms with Crippen LogP contribution in [0.15, 0.2) is 47.4 Å². The summed E-state index contributed by atoms with van der Waals surface area (Å²) in [4.78, 5) is 18.2. The minimum atomic E-state index is -0.131. The molecule has 3 rings (SSSR count). The van der Waals surface area contributed by atoms with Crippen LogP contribution in [0.1, 0.15) is 16.7 Å². The number of nitrogens with zero attached hydrogens (tertiary/aromatic N) is 1. The summed E-state index contributed by atoms with van der Waals surface area (Å²) in [6, 6.07) is 11.7. The zero-order chi connectivity index (χ0) is 14.8. The molecular weight excluding hydrogens is 259 g/mol. The number of nitrogens with one attached hydrogen (secondary N) is 1. The van der Waals surface area contributed by atoms with E-state index in [9.17, 15) is 4.79 Å². The summed E-state index contributed by atoms with van der Waals surface area (Å²) in [7, 11) is 2.09. The first-order chi connectivity index (χ1) is 10.1. The molecule has 0 aliphatic carbocycles. The molecule has 0 radical (unpaired) electrons. The number of aromatic amines is 1. The summed E-state index contributed by atoms with van der Waals surface area (Å²) >= 11 is 0. The van der Waals surface area contributed by atoms with Crippen molar-refractivity contribution in [3.8, 4) is 0 Å². The largest absolute Gasteiger partial charge is 0.307 e. The maximum Gasteiger partial charge on any atom is 0.249 e. The molecule has 2 aromatic heterocycles. The number of pyridine rings is 2. The molecule has 3 nitrogen and oxygen atoms in total. The van der Waals surface area contributed by atoms with Crippen LogP contribution in [-0.4, -0.2) is 17.8 Å². The van der Waals surface area contributed by atoms with E-state index >= 15 is 0 Å². The fourth-order valence-corrected chi connectivity index (χ4v) is 2.27. The van der Waals surface area contributed by atoms with Crippen molar-refractivity contribution in [1.29, 1.82) is 0 Å². The Kier molecular flexibility index (Phi) is 3.44. The summed E-state index contributed by atoms with van der Waals surface area (Å²) in [5.74, 6) is 0. The average molecular weight is 274 g/mol. The lowest BCUT2D eigenvalue weighted by atomic mass is 9.92. The highest BCUT2D eigenvalue weighted by Gasteiger charge is 1.98. The Labute approximate surface area is 123 Å². The molecule has 0 saturated heterocycles. The second kappa shape index (κ2) is 5.41. The summed E-state index contributed by atoms with van der Waals surface area (Å²) in [5, 5.41) is 0.928. The van der Waals surface area contributed by atoms with E-state index in [4.69, 9.17) is 0 Å². The third kappa shape index (κ3) is 2.94. The Hall–Kier alpha value is -2.62. The van der Waals surface area contributed by atoms with Crippen molar-refractivity contribution in [1.82, 2.24) is 9.97 Å². The second-order valence-electron chi connectivity index (χ2n) is 5.22. The van der Waals surface area contributed by atoms with E-state index in [1.807, 2.05) is 12.1 Å². The molecule has 1 N–H and O–H groups in total. The van der Waals surface area contributed by atoms with E-state index in [0.29, 0.717) is 5.65 Å². The van der Waals surface area contributed by atoms with Crippen LogP contribution in [0.5, 0.6) is 0 Å². The van der Waals surface area contributed by atoms with Gasteiger partial charge in [0.15, 0.2) is 0 Å². The van der Waals surface area contributed by atoms with Crippen molar-refractivity contribution in [2.75, 3.05) is 0 Å². The highest BCUT2D eigenvalue weighted by atomic mass is 16.1. The van der Waals surface area contributed by atoms with Gasteiger partial charge in [-0.3, -0.25) is 4.79 Å². The third-order valence-electron chi connectivity index (χ3n) is 3.48. The Morgan fingerprint density at radius 3 is 2.86 bits per heavy atom. The van der Waals surface area contributed by atoms with Crippen LogP contribution in [0.25, 0.3) is 23.2 Å². The van der Waals surface area contributed by atoms with Crippen LogP contribution in [0, 0.1) is 6.92 Å². The SMILES string of the molecule is Bc1ccc(C)c(/C=C/c2cnc3[nH]c(=O)ccc3c2)c1. The van der Waals surface area contributed by atoms with Crippen LogP contribution in [0.4, 0.5) is 0 Å². The van der Waals surface area contributed by atoms with Gasteiger partial charge in [-0.25, -0.2) is 4.98 Å². The summed E-state index contributed by atoms with van der Waals surface area (Å²) in [6.07, 6.45) is 5.90. The topological polar surface area (TPSA) is 45.8 Å². The molecule has 1 aromatic carbocycles.